The molecule has 1 saturated heterocycles. The molecule has 0 bridgehead atoms. The van der Waals surface area contributed by atoms with E-state index >= 15 is 0 Å². The molecule has 2 amide bonds. The quantitative estimate of drug-likeness (QED) is 0.818. The molecule has 29 heavy (non-hydrogen) atoms. The van der Waals surface area contributed by atoms with Crippen LogP contribution in [0.4, 0.5) is 14.9 Å². The van der Waals surface area contributed by atoms with Crippen molar-refractivity contribution < 1.29 is 17.6 Å². The van der Waals surface area contributed by atoms with Gasteiger partial charge in [0.2, 0.25) is 0 Å². The van der Waals surface area contributed by atoms with Crippen molar-refractivity contribution >= 4 is 21.6 Å². The molecule has 0 unspecified atom stereocenters. The monoisotopic (exact) mass is 420 g/mol. The fourth-order valence-corrected chi connectivity index (χ4v) is 5.62. The Balaban J connectivity index is 1.69. The molecule has 0 aliphatic carbocycles. The largest absolute Gasteiger partial charge is 0.325 e. The number of benzene rings is 1. The number of nitrogens with zero attached hydrogens (tertiary/aromatic N) is 3. The van der Waals surface area contributed by atoms with E-state index in [1.165, 1.54) is 24.5 Å². The van der Waals surface area contributed by atoms with Gasteiger partial charge in [-0.15, -0.1) is 0 Å². The highest BCUT2D eigenvalue weighted by molar-refractivity contribution is 7.92. The van der Waals surface area contributed by atoms with E-state index < -0.39 is 20.4 Å². The van der Waals surface area contributed by atoms with Crippen molar-refractivity contribution in [1.29, 1.82) is 0 Å². The number of carbonyl (C=O) groups excluding carboxylic acids is 1. The molecule has 1 aliphatic heterocycles. The molecular formula is C20H25FN4O3S. The van der Waals surface area contributed by atoms with Crippen LogP contribution in [0.15, 0.2) is 41.6 Å². The Hall–Kier alpha value is -2.55. The van der Waals surface area contributed by atoms with Crippen molar-refractivity contribution in [2.75, 3.05) is 18.4 Å². The first-order valence-corrected chi connectivity index (χ1v) is 10.9. The number of sulfone groups is 1. The summed E-state index contributed by atoms with van der Waals surface area (Å²) in [6.07, 6.45) is 4.04. The van der Waals surface area contributed by atoms with Gasteiger partial charge in [0.05, 0.1) is 27.7 Å². The van der Waals surface area contributed by atoms with Gasteiger partial charge in [-0.2, -0.15) is 10.2 Å². The number of likely N-dealkylation sites (tertiary alicyclic amines) is 1. The molecule has 1 N–H and O–H groups in total. The minimum absolute atomic E-state index is 0.00496. The normalized spacial score (nSPS) is 15.9. The lowest BCUT2D eigenvalue weighted by molar-refractivity contribution is 0.171. The highest BCUT2D eigenvalue weighted by atomic mass is 32.2. The summed E-state index contributed by atoms with van der Waals surface area (Å²) < 4.78 is 39.2. The second-order valence-corrected chi connectivity index (χ2v) is 10.4. The molecule has 0 saturated carbocycles. The van der Waals surface area contributed by atoms with E-state index in [9.17, 15) is 17.6 Å². The van der Waals surface area contributed by atoms with Crippen molar-refractivity contribution in [3.8, 4) is 0 Å². The van der Waals surface area contributed by atoms with Crippen LogP contribution in [0, 0.1) is 18.7 Å². The zero-order valence-corrected chi connectivity index (χ0v) is 17.5. The number of urea groups is 1. The summed E-state index contributed by atoms with van der Waals surface area (Å²) in [6, 6.07) is 5.29. The zero-order valence-electron chi connectivity index (χ0n) is 16.7. The first kappa shape index (κ1) is 21.2. The van der Waals surface area contributed by atoms with Crippen LogP contribution in [-0.2, 0) is 9.84 Å². The molecule has 1 aromatic heterocycles. The van der Waals surface area contributed by atoms with Crippen LogP contribution in [0.5, 0.6) is 0 Å². The maximum Gasteiger partial charge on any atom is 0.321 e. The number of hydrogen-bond donors (Lipinski definition) is 1. The van der Waals surface area contributed by atoms with Gasteiger partial charge in [0.15, 0.2) is 9.84 Å². The van der Waals surface area contributed by atoms with Gasteiger partial charge >= 0.3 is 6.03 Å². The minimum Gasteiger partial charge on any atom is -0.325 e. The Morgan fingerprint density at radius 1 is 1.21 bits per heavy atom. The van der Waals surface area contributed by atoms with Crippen molar-refractivity contribution in [3.63, 3.8) is 0 Å². The molecule has 3 rings (SSSR count). The molecule has 0 atom stereocenters. The summed E-state index contributed by atoms with van der Waals surface area (Å²) in [6.45, 7) is 5.92. The van der Waals surface area contributed by atoms with Gasteiger partial charge in [-0.1, -0.05) is 0 Å². The molecule has 7 nitrogen and oxygen atoms in total. The Morgan fingerprint density at radius 2 is 1.90 bits per heavy atom. The third-order valence-corrected chi connectivity index (χ3v) is 8.19. The summed E-state index contributed by atoms with van der Waals surface area (Å²) in [5.74, 6) is -0.709. The molecule has 156 valence electrons. The summed E-state index contributed by atoms with van der Waals surface area (Å²) >= 11 is 0. The molecule has 1 aliphatic rings. The molecule has 0 spiro atoms. The number of aromatic nitrogens is 2. The smallest absolute Gasteiger partial charge is 0.321 e. The molecule has 2 heterocycles. The van der Waals surface area contributed by atoms with Crippen molar-refractivity contribution in [1.82, 2.24) is 15.1 Å². The zero-order chi connectivity index (χ0) is 21.2. The highest BCUT2D eigenvalue weighted by Crippen LogP contribution is 2.38. The average molecular weight is 421 g/mol. The maximum atomic E-state index is 13.8. The van der Waals surface area contributed by atoms with E-state index in [-0.39, 0.29) is 16.8 Å². The van der Waals surface area contributed by atoms with E-state index in [0.29, 0.717) is 37.2 Å². The third-order valence-electron chi connectivity index (χ3n) is 5.62. The van der Waals surface area contributed by atoms with Crippen molar-refractivity contribution in [2.45, 2.75) is 43.3 Å². The standard InChI is InChI=1S/C20H25FN4O3S/c1-14-10-16(21)12-18(11-14)29(27,28)20(2,3)15-5-8-25(9-6-15)19(26)24-17-4-7-22-23-13-17/h4,7,10-13,15H,5-6,8-9H2,1-3H3,(H,22,24,26). The van der Waals surface area contributed by atoms with Crippen LogP contribution < -0.4 is 5.32 Å². The van der Waals surface area contributed by atoms with E-state index in [1.54, 1.807) is 31.7 Å². The molecule has 9 heteroatoms. The van der Waals surface area contributed by atoms with Gasteiger partial charge in [0, 0.05) is 13.1 Å². The summed E-state index contributed by atoms with van der Waals surface area (Å²) in [4.78, 5) is 14.1. The Kier molecular flexibility index (Phi) is 5.88. The molecular weight excluding hydrogens is 395 g/mol. The van der Waals surface area contributed by atoms with Crippen LogP contribution in [0.2, 0.25) is 0 Å². The number of anilines is 1. The molecule has 0 radical (unpaired) electrons. The third kappa shape index (κ3) is 4.39. The van der Waals surface area contributed by atoms with Gasteiger partial charge in [-0.05, 0) is 69.4 Å². The van der Waals surface area contributed by atoms with Crippen LogP contribution >= 0.6 is 0 Å². The van der Waals surface area contributed by atoms with Crippen LogP contribution in [0.1, 0.15) is 32.3 Å². The van der Waals surface area contributed by atoms with Gasteiger partial charge in [0.25, 0.3) is 0 Å². The Morgan fingerprint density at radius 3 is 2.48 bits per heavy atom. The van der Waals surface area contributed by atoms with Crippen LogP contribution in [0.3, 0.4) is 0 Å². The predicted molar refractivity (Wildman–Crippen MR) is 108 cm³/mol. The van der Waals surface area contributed by atoms with E-state index in [0.717, 1.165) is 6.07 Å². The average Bonchev–Trinajstić information content (AvgIpc) is 2.68. The second kappa shape index (κ2) is 8.06. The maximum absolute atomic E-state index is 13.8. The lowest BCUT2D eigenvalue weighted by Gasteiger charge is -2.40. The van der Waals surface area contributed by atoms with E-state index in [1.807, 2.05) is 0 Å². The summed E-state index contributed by atoms with van der Waals surface area (Å²) in [5, 5.41) is 10.1. The number of carbonyl (C=O) groups is 1. The minimum atomic E-state index is -3.74. The topological polar surface area (TPSA) is 92.3 Å². The number of hydrogen-bond acceptors (Lipinski definition) is 5. The summed E-state index contributed by atoms with van der Waals surface area (Å²) in [5.41, 5.74) is 1.12. The SMILES string of the molecule is Cc1cc(F)cc(S(=O)(=O)C(C)(C)C2CCN(C(=O)Nc3ccnnc3)CC2)c1. The van der Waals surface area contributed by atoms with Crippen LogP contribution in [-0.4, -0.2) is 47.4 Å². The lowest BCUT2D eigenvalue weighted by Crippen LogP contribution is -2.48. The second-order valence-electron chi connectivity index (χ2n) is 7.89. The first-order chi connectivity index (χ1) is 13.6. The molecule has 2 aromatic rings. The van der Waals surface area contributed by atoms with Gasteiger partial charge in [-0.25, -0.2) is 17.6 Å². The Labute approximate surface area is 170 Å². The number of aryl methyl sites for hydroxylation is 1. The van der Waals surface area contributed by atoms with Gasteiger partial charge < -0.3 is 10.2 Å². The number of piperidine rings is 1. The van der Waals surface area contributed by atoms with Gasteiger partial charge in [-0.3, -0.25) is 0 Å². The van der Waals surface area contributed by atoms with Crippen molar-refractivity contribution in [2.24, 2.45) is 5.92 Å². The fourth-order valence-electron chi connectivity index (χ4n) is 3.73. The summed E-state index contributed by atoms with van der Waals surface area (Å²) in [7, 11) is -3.74. The lowest BCUT2D eigenvalue weighted by atomic mass is 9.86. The number of amides is 2. The van der Waals surface area contributed by atoms with E-state index in [4.69, 9.17) is 0 Å². The number of rotatable bonds is 4. The first-order valence-electron chi connectivity index (χ1n) is 9.46. The van der Waals surface area contributed by atoms with Gasteiger partial charge in [0.1, 0.15) is 5.82 Å². The number of halogens is 1. The fraction of sp³-hybridized carbons (Fsp3) is 0.450. The molecule has 1 aromatic carbocycles. The predicted octanol–water partition coefficient (Wildman–Crippen LogP) is 3.42. The van der Waals surface area contributed by atoms with Crippen LogP contribution in [0.25, 0.3) is 0 Å². The van der Waals surface area contributed by atoms with E-state index in [2.05, 4.69) is 15.5 Å². The molecule has 1 fully saturated rings. The Bertz CT molecular complexity index is 968. The van der Waals surface area contributed by atoms with Crippen molar-refractivity contribution in [3.05, 3.63) is 48.0 Å². The highest BCUT2D eigenvalue weighted by Gasteiger charge is 2.44. The number of nitrogens with one attached hydrogen (secondary N) is 1.